The van der Waals surface area contributed by atoms with Crippen molar-refractivity contribution in [3.63, 3.8) is 0 Å². The Morgan fingerprint density at radius 3 is 2.24 bits per heavy atom. The molecule has 29 heavy (non-hydrogen) atoms. The molecule has 0 fully saturated rings. The van der Waals surface area contributed by atoms with Crippen molar-refractivity contribution in [3.05, 3.63) is 100 Å². The topological polar surface area (TPSA) is 66.5 Å². The summed E-state index contributed by atoms with van der Waals surface area (Å²) in [5, 5.41) is 1.49. The Morgan fingerprint density at radius 1 is 0.931 bits per heavy atom. The van der Waals surface area contributed by atoms with Crippen LogP contribution in [0.25, 0.3) is 6.08 Å². The number of carbonyl (C=O) groups is 1. The molecule has 0 bridgehead atoms. The predicted molar refractivity (Wildman–Crippen MR) is 118 cm³/mol. The number of para-hydroxylation sites is 1. The number of urea groups is 1. The van der Waals surface area contributed by atoms with Gasteiger partial charge in [0, 0.05) is 5.02 Å². The summed E-state index contributed by atoms with van der Waals surface area (Å²) < 4.78 is 27.0. The first-order valence-corrected chi connectivity index (χ1v) is 10.7. The molecule has 0 atom stereocenters. The van der Waals surface area contributed by atoms with Crippen LogP contribution in [0, 0.1) is 6.92 Å². The molecule has 0 saturated heterocycles. The predicted octanol–water partition coefficient (Wildman–Crippen LogP) is 5.50. The number of sulfonamides is 1. The molecule has 0 saturated carbocycles. The highest BCUT2D eigenvalue weighted by Crippen LogP contribution is 2.26. The van der Waals surface area contributed by atoms with Crippen molar-refractivity contribution in [3.8, 4) is 0 Å². The molecule has 0 aliphatic heterocycles. The van der Waals surface area contributed by atoms with Crippen LogP contribution in [0.1, 0.15) is 11.1 Å². The van der Waals surface area contributed by atoms with E-state index in [-0.39, 0.29) is 0 Å². The maximum Gasteiger partial charge on any atom is 0.340 e. The van der Waals surface area contributed by atoms with Gasteiger partial charge in [-0.05, 0) is 55.0 Å². The number of amides is 2. The lowest BCUT2D eigenvalue weighted by Gasteiger charge is -2.23. The van der Waals surface area contributed by atoms with E-state index in [4.69, 9.17) is 11.6 Å². The molecule has 0 aromatic heterocycles. The zero-order chi connectivity index (χ0) is 20.9. The van der Waals surface area contributed by atoms with Gasteiger partial charge in [-0.15, -0.1) is 0 Å². The third-order valence-corrected chi connectivity index (χ3v) is 5.22. The van der Waals surface area contributed by atoms with Gasteiger partial charge in [0.05, 0.1) is 16.8 Å². The van der Waals surface area contributed by atoms with Crippen molar-refractivity contribution >= 4 is 45.1 Å². The molecule has 0 unspecified atom stereocenters. The second kappa shape index (κ2) is 8.94. The summed E-state index contributed by atoms with van der Waals surface area (Å²) in [5.41, 5.74) is 2.73. The van der Waals surface area contributed by atoms with E-state index in [1.165, 1.54) is 11.0 Å². The van der Waals surface area contributed by atoms with E-state index in [1.807, 2.05) is 31.2 Å². The van der Waals surface area contributed by atoms with Crippen LogP contribution in [0.4, 0.5) is 16.2 Å². The minimum absolute atomic E-state index is 0.482. The molecule has 5 nitrogen and oxygen atoms in total. The van der Waals surface area contributed by atoms with E-state index < -0.39 is 16.1 Å². The number of halogens is 1. The Balaban J connectivity index is 1.87. The fourth-order valence-electron chi connectivity index (χ4n) is 2.69. The van der Waals surface area contributed by atoms with Crippen molar-refractivity contribution in [2.24, 2.45) is 0 Å². The van der Waals surface area contributed by atoms with Gasteiger partial charge in [0.25, 0.3) is 10.0 Å². The van der Waals surface area contributed by atoms with Crippen molar-refractivity contribution in [1.29, 1.82) is 0 Å². The molecule has 0 aliphatic carbocycles. The lowest BCUT2D eigenvalue weighted by atomic mass is 10.1. The zero-order valence-corrected chi connectivity index (χ0v) is 17.2. The first-order chi connectivity index (χ1) is 13.8. The van der Waals surface area contributed by atoms with Gasteiger partial charge in [0.1, 0.15) is 0 Å². The highest BCUT2D eigenvalue weighted by Gasteiger charge is 2.21. The molecule has 148 valence electrons. The van der Waals surface area contributed by atoms with Gasteiger partial charge in [0.15, 0.2) is 0 Å². The average Bonchev–Trinajstić information content (AvgIpc) is 2.69. The highest BCUT2D eigenvalue weighted by molar-refractivity contribution is 7.93. The first kappa shape index (κ1) is 20.6. The minimum atomic E-state index is -4.01. The maximum absolute atomic E-state index is 12.9. The quantitative estimate of drug-likeness (QED) is 0.586. The molecular formula is C22H19ClN2O3S. The third kappa shape index (κ3) is 5.70. The van der Waals surface area contributed by atoms with Crippen LogP contribution in [0.15, 0.2) is 84.3 Å². The Bertz CT molecular complexity index is 1130. The largest absolute Gasteiger partial charge is 0.340 e. The molecule has 3 aromatic carbocycles. The molecule has 0 radical (unpaired) electrons. The van der Waals surface area contributed by atoms with Crippen molar-refractivity contribution in [2.45, 2.75) is 6.92 Å². The van der Waals surface area contributed by atoms with E-state index in [9.17, 15) is 13.2 Å². The lowest BCUT2D eigenvalue weighted by molar-refractivity contribution is 0.253. The summed E-state index contributed by atoms with van der Waals surface area (Å²) >= 11 is 5.93. The van der Waals surface area contributed by atoms with Gasteiger partial charge in [-0.25, -0.2) is 17.9 Å². The SMILES string of the molecule is Cc1cccc(C=CS(=O)(=O)NC(=O)N(c2ccccc2)c2ccc(Cl)cc2)c1. The van der Waals surface area contributed by atoms with Crippen LogP contribution < -0.4 is 9.62 Å². The number of benzene rings is 3. The summed E-state index contributed by atoms with van der Waals surface area (Å²) in [6.07, 6.45) is 1.44. The van der Waals surface area contributed by atoms with Crippen LogP contribution in [-0.2, 0) is 10.0 Å². The standard InChI is InChI=1S/C22H19ClN2O3S/c1-17-6-5-7-18(16-17)14-15-29(27,28)24-22(26)25(20-8-3-2-4-9-20)21-12-10-19(23)11-13-21/h2-16H,1H3,(H,24,26). The van der Waals surface area contributed by atoms with Crippen LogP contribution in [0.2, 0.25) is 5.02 Å². The smallest absolute Gasteiger partial charge is 0.262 e. The number of nitrogens with one attached hydrogen (secondary N) is 1. The molecule has 7 heteroatoms. The number of carbonyl (C=O) groups excluding carboxylic acids is 1. The second-order valence-corrected chi connectivity index (χ2v) is 8.32. The first-order valence-electron chi connectivity index (χ1n) is 8.76. The monoisotopic (exact) mass is 426 g/mol. The van der Waals surface area contributed by atoms with Gasteiger partial charge in [-0.1, -0.05) is 59.6 Å². The summed E-state index contributed by atoms with van der Waals surface area (Å²) in [6.45, 7) is 1.91. The van der Waals surface area contributed by atoms with Crippen LogP contribution in [-0.4, -0.2) is 14.4 Å². The highest BCUT2D eigenvalue weighted by atomic mass is 35.5. The average molecular weight is 427 g/mol. The number of hydrogen-bond donors (Lipinski definition) is 1. The van der Waals surface area contributed by atoms with E-state index >= 15 is 0 Å². The van der Waals surface area contributed by atoms with Gasteiger partial charge in [-0.3, -0.25) is 4.90 Å². The Morgan fingerprint density at radius 2 is 1.59 bits per heavy atom. The molecule has 3 rings (SSSR count). The van der Waals surface area contributed by atoms with Crippen LogP contribution in [0.3, 0.4) is 0 Å². The van der Waals surface area contributed by atoms with E-state index in [0.29, 0.717) is 16.4 Å². The van der Waals surface area contributed by atoms with Crippen molar-refractivity contribution in [1.82, 2.24) is 4.72 Å². The maximum atomic E-state index is 12.9. The molecule has 2 amide bonds. The Labute approximate surface area is 175 Å². The second-order valence-electron chi connectivity index (χ2n) is 6.32. The molecule has 0 heterocycles. The number of anilines is 2. The third-order valence-electron chi connectivity index (χ3n) is 4.01. The van der Waals surface area contributed by atoms with Gasteiger partial charge >= 0.3 is 6.03 Å². The molecule has 1 N–H and O–H groups in total. The number of nitrogens with zero attached hydrogens (tertiary/aromatic N) is 1. The molecule has 0 spiro atoms. The van der Waals surface area contributed by atoms with Crippen molar-refractivity contribution < 1.29 is 13.2 Å². The van der Waals surface area contributed by atoms with E-state index in [2.05, 4.69) is 4.72 Å². The Hall–Kier alpha value is -3.09. The lowest BCUT2D eigenvalue weighted by Crippen LogP contribution is -2.39. The molecule has 0 aliphatic rings. The summed E-state index contributed by atoms with van der Waals surface area (Å²) in [5.74, 6) is 0. The normalized spacial score (nSPS) is 11.4. The van der Waals surface area contributed by atoms with Gasteiger partial charge in [0.2, 0.25) is 0 Å². The zero-order valence-electron chi connectivity index (χ0n) is 15.6. The minimum Gasteiger partial charge on any atom is -0.262 e. The number of aryl methyl sites for hydroxylation is 1. The van der Waals surface area contributed by atoms with Crippen LogP contribution >= 0.6 is 11.6 Å². The summed E-state index contributed by atoms with van der Waals surface area (Å²) in [4.78, 5) is 14.2. The molecule has 3 aromatic rings. The van der Waals surface area contributed by atoms with Crippen LogP contribution in [0.5, 0.6) is 0 Å². The van der Waals surface area contributed by atoms with E-state index in [0.717, 1.165) is 16.5 Å². The fourth-order valence-corrected chi connectivity index (χ4v) is 3.56. The van der Waals surface area contributed by atoms with Crippen molar-refractivity contribution in [2.75, 3.05) is 4.90 Å². The number of hydrogen-bond acceptors (Lipinski definition) is 3. The number of rotatable bonds is 5. The Kier molecular flexibility index (Phi) is 6.36. The molecular weight excluding hydrogens is 408 g/mol. The van der Waals surface area contributed by atoms with Gasteiger partial charge in [-0.2, -0.15) is 0 Å². The van der Waals surface area contributed by atoms with Gasteiger partial charge < -0.3 is 0 Å². The fraction of sp³-hybridized carbons (Fsp3) is 0.0455. The summed E-state index contributed by atoms with van der Waals surface area (Å²) in [7, 11) is -4.01. The van der Waals surface area contributed by atoms with E-state index in [1.54, 1.807) is 54.6 Å². The summed E-state index contributed by atoms with van der Waals surface area (Å²) in [6, 6.07) is 21.9.